The van der Waals surface area contributed by atoms with Crippen molar-refractivity contribution in [1.82, 2.24) is 15.2 Å². The summed E-state index contributed by atoms with van der Waals surface area (Å²) in [5.41, 5.74) is 2.69. The Morgan fingerprint density at radius 3 is 2.65 bits per heavy atom. The molecule has 116 valence electrons. The molecule has 0 aliphatic carbocycles. The Balaban J connectivity index is 1.81. The summed E-state index contributed by atoms with van der Waals surface area (Å²) in [6.45, 7) is 2.02. The van der Waals surface area contributed by atoms with Crippen molar-refractivity contribution in [3.8, 4) is 0 Å². The van der Waals surface area contributed by atoms with E-state index in [2.05, 4.69) is 25.8 Å². The van der Waals surface area contributed by atoms with Crippen LogP contribution in [0.5, 0.6) is 0 Å². The van der Waals surface area contributed by atoms with Gasteiger partial charge in [0.2, 0.25) is 5.95 Å². The van der Waals surface area contributed by atoms with Crippen LogP contribution in [-0.4, -0.2) is 15.2 Å². The standard InChI is InChI=1S/C16H13Cl2N5/c1-10-4-2-5-11(8-10)20-16-22-14(9-19-23-16)21-13-7-3-6-12(17)15(13)18/h2-9H,1H3,(H2,20,21,22,23). The van der Waals surface area contributed by atoms with E-state index in [1.807, 2.05) is 37.3 Å². The largest absolute Gasteiger partial charge is 0.338 e. The van der Waals surface area contributed by atoms with Crippen molar-refractivity contribution in [2.75, 3.05) is 10.6 Å². The molecule has 1 aromatic heterocycles. The molecule has 1 heterocycles. The fourth-order valence-electron chi connectivity index (χ4n) is 2.01. The third kappa shape index (κ3) is 3.88. The van der Waals surface area contributed by atoms with E-state index >= 15 is 0 Å². The summed E-state index contributed by atoms with van der Waals surface area (Å²) in [7, 11) is 0. The molecule has 0 saturated heterocycles. The minimum Gasteiger partial charge on any atom is -0.338 e. The molecule has 7 heteroatoms. The lowest BCUT2D eigenvalue weighted by atomic mass is 10.2. The summed E-state index contributed by atoms with van der Waals surface area (Å²) in [4.78, 5) is 4.37. The first kappa shape index (κ1) is 15.5. The molecule has 0 unspecified atom stereocenters. The van der Waals surface area contributed by atoms with Gasteiger partial charge in [-0.05, 0) is 36.8 Å². The molecule has 0 amide bonds. The van der Waals surface area contributed by atoms with Crippen LogP contribution in [0, 0.1) is 6.92 Å². The zero-order valence-electron chi connectivity index (χ0n) is 12.2. The number of halogens is 2. The lowest BCUT2D eigenvalue weighted by molar-refractivity contribution is 0.982. The molecule has 3 rings (SSSR count). The average molecular weight is 346 g/mol. The van der Waals surface area contributed by atoms with Crippen LogP contribution in [0.25, 0.3) is 0 Å². The van der Waals surface area contributed by atoms with Gasteiger partial charge in [0.05, 0.1) is 21.9 Å². The van der Waals surface area contributed by atoms with Crippen LogP contribution in [0.3, 0.4) is 0 Å². The van der Waals surface area contributed by atoms with Crippen LogP contribution >= 0.6 is 23.2 Å². The Bertz CT molecular complexity index is 838. The Labute approximate surface area is 143 Å². The maximum absolute atomic E-state index is 6.16. The zero-order valence-corrected chi connectivity index (χ0v) is 13.7. The normalized spacial score (nSPS) is 10.4. The monoisotopic (exact) mass is 345 g/mol. The highest BCUT2D eigenvalue weighted by Gasteiger charge is 2.07. The van der Waals surface area contributed by atoms with Crippen molar-refractivity contribution < 1.29 is 0 Å². The molecule has 2 N–H and O–H groups in total. The molecule has 0 bridgehead atoms. The summed E-state index contributed by atoms with van der Waals surface area (Å²) in [6, 6.07) is 13.2. The van der Waals surface area contributed by atoms with Crippen LogP contribution in [0.4, 0.5) is 23.1 Å². The van der Waals surface area contributed by atoms with Gasteiger partial charge in [0.15, 0.2) is 5.82 Å². The number of hydrogen-bond acceptors (Lipinski definition) is 5. The number of rotatable bonds is 4. The minimum atomic E-state index is 0.388. The highest BCUT2D eigenvalue weighted by atomic mass is 35.5. The van der Waals surface area contributed by atoms with E-state index in [0.717, 1.165) is 11.3 Å². The van der Waals surface area contributed by atoms with E-state index in [0.29, 0.717) is 27.5 Å². The molecule has 2 aromatic carbocycles. The number of hydrogen-bond donors (Lipinski definition) is 2. The number of nitrogens with zero attached hydrogens (tertiary/aromatic N) is 3. The van der Waals surface area contributed by atoms with Gasteiger partial charge in [0, 0.05) is 5.69 Å². The van der Waals surface area contributed by atoms with Crippen molar-refractivity contribution >= 4 is 46.3 Å². The SMILES string of the molecule is Cc1cccc(Nc2nncc(Nc3cccc(Cl)c3Cl)n2)c1. The van der Waals surface area contributed by atoms with E-state index in [4.69, 9.17) is 23.2 Å². The van der Waals surface area contributed by atoms with Crippen LogP contribution in [0.2, 0.25) is 10.0 Å². The second-order valence-corrected chi connectivity index (χ2v) is 5.67. The molecule has 0 radical (unpaired) electrons. The summed E-state index contributed by atoms with van der Waals surface area (Å²) in [5, 5.41) is 15.0. The molecular formula is C16H13Cl2N5. The van der Waals surface area contributed by atoms with Gasteiger partial charge in [-0.1, -0.05) is 41.4 Å². The minimum absolute atomic E-state index is 0.388. The predicted molar refractivity (Wildman–Crippen MR) is 94.0 cm³/mol. The van der Waals surface area contributed by atoms with Crippen LogP contribution in [0.1, 0.15) is 5.56 Å². The van der Waals surface area contributed by atoms with Crippen LogP contribution < -0.4 is 10.6 Å². The van der Waals surface area contributed by atoms with Crippen molar-refractivity contribution in [1.29, 1.82) is 0 Å². The molecule has 23 heavy (non-hydrogen) atoms. The van der Waals surface area contributed by atoms with Gasteiger partial charge in [-0.3, -0.25) is 0 Å². The van der Waals surface area contributed by atoms with Gasteiger partial charge in [-0.2, -0.15) is 10.1 Å². The Morgan fingerprint density at radius 1 is 1.00 bits per heavy atom. The number of aromatic nitrogens is 3. The third-order valence-electron chi connectivity index (χ3n) is 3.05. The van der Waals surface area contributed by atoms with Gasteiger partial charge in [0.1, 0.15) is 0 Å². The fourth-order valence-corrected chi connectivity index (χ4v) is 2.35. The number of nitrogens with one attached hydrogen (secondary N) is 2. The highest BCUT2D eigenvalue weighted by molar-refractivity contribution is 6.43. The van der Waals surface area contributed by atoms with E-state index in [1.165, 1.54) is 6.20 Å². The van der Waals surface area contributed by atoms with Crippen molar-refractivity contribution in [2.24, 2.45) is 0 Å². The smallest absolute Gasteiger partial charge is 0.249 e. The quantitative estimate of drug-likeness (QED) is 0.698. The lowest BCUT2D eigenvalue weighted by Gasteiger charge is -2.09. The fraction of sp³-hybridized carbons (Fsp3) is 0.0625. The Hall–Kier alpha value is -2.37. The third-order valence-corrected chi connectivity index (χ3v) is 3.87. The molecule has 0 saturated carbocycles. The van der Waals surface area contributed by atoms with Gasteiger partial charge in [-0.25, -0.2) is 0 Å². The van der Waals surface area contributed by atoms with Gasteiger partial charge >= 0.3 is 0 Å². The van der Waals surface area contributed by atoms with Gasteiger partial charge in [-0.15, -0.1) is 5.10 Å². The highest BCUT2D eigenvalue weighted by Crippen LogP contribution is 2.31. The Morgan fingerprint density at radius 2 is 1.83 bits per heavy atom. The second-order valence-electron chi connectivity index (χ2n) is 4.89. The van der Waals surface area contributed by atoms with Crippen molar-refractivity contribution in [3.63, 3.8) is 0 Å². The molecule has 0 fully saturated rings. The molecule has 5 nitrogen and oxygen atoms in total. The first-order valence-corrected chi connectivity index (χ1v) is 7.62. The van der Waals surface area contributed by atoms with Crippen LogP contribution in [-0.2, 0) is 0 Å². The van der Waals surface area contributed by atoms with Crippen molar-refractivity contribution in [3.05, 3.63) is 64.3 Å². The molecule has 0 atom stereocenters. The Kier molecular flexibility index (Phi) is 4.60. The maximum atomic E-state index is 6.16. The molecule has 3 aromatic rings. The predicted octanol–water partition coefficient (Wildman–Crippen LogP) is 4.97. The zero-order chi connectivity index (χ0) is 16.2. The lowest BCUT2D eigenvalue weighted by Crippen LogP contribution is -2.02. The van der Waals surface area contributed by atoms with E-state index in [1.54, 1.807) is 12.1 Å². The topological polar surface area (TPSA) is 62.7 Å². The average Bonchev–Trinajstić information content (AvgIpc) is 2.52. The van der Waals surface area contributed by atoms with Crippen LogP contribution in [0.15, 0.2) is 48.7 Å². The maximum Gasteiger partial charge on any atom is 0.249 e. The molecule has 0 spiro atoms. The first-order chi connectivity index (χ1) is 11.1. The summed E-state index contributed by atoms with van der Waals surface area (Å²) in [5.74, 6) is 0.901. The first-order valence-electron chi connectivity index (χ1n) is 6.86. The summed E-state index contributed by atoms with van der Waals surface area (Å²) in [6.07, 6.45) is 1.51. The van der Waals surface area contributed by atoms with Gasteiger partial charge in [0.25, 0.3) is 0 Å². The molecule has 0 aliphatic heterocycles. The van der Waals surface area contributed by atoms with Gasteiger partial charge < -0.3 is 10.6 Å². The van der Waals surface area contributed by atoms with E-state index in [-0.39, 0.29) is 0 Å². The second kappa shape index (κ2) is 6.81. The number of aryl methyl sites for hydroxylation is 1. The molecular weight excluding hydrogens is 333 g/mol. The van der Waals surface area contributed by atoms with E-state index < -0.39 is 0 Å². The summed E-state index contributed by atoms with van der Waals surface area (Å²) >= 11 is 12.2. The number of anilines is 4. The van der Waals surface area contributed by atoms with E-state index in [9.17, 15) is 0 Å². The molecule has 0 aliphatic rings. The summed E-state index contributed by atoms with van der Waals surface area (Å²) < 4.78 is 0. The number of benzene rings is 2. The van der Waals surface area contributed by atoms with Crippen molar-refractivity contribution in [2.45, 2.75) is 6.92 Å².